The van der Waals surface area contributed by atoms with Crippen LogP contribution in [0.5, 0.6) is 0 Å². The molecule has 0 aliphatic heterocycles. The van der Waals surface area contributed by atoms with Gasteiger partial charge in [0, 0.05) is 8.59 Å². The molecule has 0 aliphatic carbocycles. The quantitative estimate of drug-likeness (QED) is 0.714. The minimum absolute atomic E-state index is 0.0129. The van der Waals surface area contributed by atoms with Gasteiger partial charge in [0.1, 0.15) is 0 Å². The minimum Gasteiger partial charge on any atom is -0.325 e. The molecule has 1 N–H and O–H groups in total. The van der Waals surface area contributed by atoms with Gasteiger partial charge in [0.2, 0.25) is 5.91 Å². The summed E-state index contributed by atoms with van der Waals surface area (Å²) >= 11 is 8.09. The van der Waals surface area contributed by atoms with Crippen LogP contribution in [0.15, 0.2) is 48.5 Å². The Morgan fingerprint density at radius 3 is 2.55 bits per heavy atom. The van der Waals surface area contributed by atoms with E-state index in [-0.39, 0.29) is 11.8 Å². The molecule has 20 heavy (non-hydrogen) atoms. The van der Waals surface area contributed by atoms with Crippen molar-refractivity contribution >= 4 is 45.8 Å². The second-order valence-electron chi connectivity index (χ2n) is 4.48. The summed E-state index contributed by atoms with van der Waals surface area (Å²) in [7, 11) is 0. The zero-order valence-electron chi connectivity index (χ0n) is 11.1. The van der Waals surface area contributed by atoms with Gasteiger partial charge in [-0.3, -0.25) is 4.79 Å². The maximum Gasteiger partial charge on any atom is 0.231 e. The third kappa shape index (κ3) is 3.73. The second-order valence-corrected chi connectivity index (χ2v) is 6.08. The summed E-state index contributed by atoms with van der Waals surface area (Å²) in [5.74, 6) is -0.124. The average Bonchev–Trinajstić information content (AvgIpc) is 2.44. The van der Waals surface area contributed by atoms with Crippen molar-refractivity contribution in [3.05, 3.63) is 62.7 Å². The first-order valence-electron chi connectivity index (χ1n) is 6.42. The molecule has 0 aliphatic rings. The normalized spacial score (nSPS) is 11.9. The van der Waals surface area contributed by atoms with Crippen LogP contribution in [0.2, 0.25) is 5.02 Å². The molecule has 104 valence electrons. The van der Waals surface area contributed by atoms with Gasteiger partial charge >= 0.3 is 0 Å². The molecule has 0 saturated heterocycles. The van der Waals surface area contributed by atoms with Crippen LogP contribution >= 0.6 is 34.2 Å². The van der Waals surface area contributed by atoms with Crippen LogP contribution in [0.4, 0.5) is 5.69 Å². The lowest BCUT2D eigenvalue weighted by molar-refractivity contribution is -0.117. The monoisotopic (exact) mass is 399 g/mol. The van der Waals surface area contributed by atoms with Crippen LogP contribution in [0.25, 0.3) is 0 Å². The number of hydrogen-bond donors (Lipinski definition) is 1. The molecule has 2 rings (SSSR count). The van der Waals surface area contributed by atoms with E-state index < -0.39 is 0 Å². The smallest absolute Gasteiger partial charge is 0.231 e. The van der Waals surface area contributed by atoms with Gasteiger partial charge in [0.05, 0.1) is 11.6 Å². The van der Waals surface area contributed by atoms with Crippen LogP contribution in [0, 0.1) is 3.57 Å². The first-order chi connectivity index (χ1) is 9.61. The Hall–Kier alpha value is -1.07. The van der Waals surface area contributed by atoms with Crippen LogP contribution in [-0.4, -0.2) is 5.91 Å². The van der Waals surface area contributed by atoms with Gasteiger partial charge in [0.15, 0.2) is 0 Å². The number of amides is 1. The number of rotatable bonds is 4. The van der Waals surface area contributed by atoms with Gasteiger partial charge in [-0.05, 0) is 52.8 Å². The largest absolute Gasteiger partial charge is 0.325 e. The summed E-state index contributed by atoms with van der Waals surface area (Å²) in [6, 6.07) is 15.3. The van der Waals surface area contributed by atoms with Gasteiger partial charge in [0.25, 0.3) is 0 Å². The van der Waals surface area contributed by atoms with Crippen molar-refractivity contribution in [3.8, 4) is 0 Å². The number of carbonyl (C=O) groups is 1. The summed E-state index contributed by atoms with van der Waals surface area (Å²) in [6.45, 7) is 2.02. The standard InChI is InChI=1S/C16H15ClINO/c1-2-13(11-6-4-3-5-7-11)16(20)19-15-9-8-12(17)10-14(15)18/h3-10,13H,2H2,1H3,(H,19,20). The number of halogens is 2. The average molecular weight is 400 g/mol. The van der Waals surface area contributed by atoms with E-state index in [2.05, 4.69) is 27.9 Å². The van der Waals surface area contributed by atoms with E-state index in [1.807, 2.05) is 49.4 Å². The second kappa shape index (κ2) is 7.09. The highest BCUT2D eigenvalue weighted by molar-refractivity contribution is 14.1. The van der Waals surface area contributed by atoms with E-state index in [0.29, 0.717) is 5.02 Å². The zero-order chi connectivity index (χ0) is 14.5. The van der Waals surface area contributed by atoms with Gasteiger partial charge < -0.3 is 5.32 Å². The van der Waals surface area contributed by atoms with Crippen molar-refractivity contribution < 1.29 is 4.79 Å². The molecule has 0 heterocycles. The van der Waals surface area contributed by atoms with Gasteiger partial charge in [-0.25, -0.2) is 0 Å². The van der Waals surface area contributed by atoms with Crippen molar-refractivity contribution in [1.82, 2.24) is 0 Å². The van der Waals surface area contributed by atoms with Crippen LogP contribution in [0.1, 0.15) is 24.8 Å². The highest BCUT2D eigenvalue weighted by Crippen LogP contribution is 2.25. The number of carbonyl (C=O) groups excluding carboxylic acids is 1. The van der Waals surface area contributed by atoms with E-state index >= 15 is 0 Å². The SMILES string of the molecule is CCC(C(=O)Nc1ccc(Cl)cc1I)c1ccccc1. The maximum atomic E-state index is 12.4. The first-order valence-corrected chi connectivity index (χ1v) is 7.88. The summed E-state index contributed by atoms with van der Waals surface area (Å²) in [6.07, 6.45) is 0.764. The highest BCUT2D eigenvalue weighted by Gasteiger charge is 2.19. The van der Waals surface area contributed by atoms with Crippen LogP contribution in [-0.2, 0) is 4.79 Å². The Bertz CT molecular complexity index is 601. The van der Waals surface area contributed by atoms with Gasteiger partial charge in [-0.15, -0.1) is 0 Å². The van der Waals surface area contributed by atoms with Gasteiger partial charge in [-0.1, -0.05) is 48.9 Å². The molecule has 0 spiro atoms. The number of anilines is 1. The highest BCUT2D eigenvalue weighted by atomic mass is 127. The van der Waals surface area contributed by atoms with E-state index in [9.17, 15) is 4.79 Å². The fraction of sp³-hybridized carbons (Fsp3) is 0.188. The molecule has 0 bridgehead atoms. The molecule has 0 saturated carbocycles. The predicted molar refractivity (Wildman–Crippen MR) is 92.3 cm³/mol. The fourth-order valence-electron chi connectivity index (χ4n) is 2.07. The van der Waals surface area contributed by atoms with Gasteiger partial charge in [-0.2, -0.15) is 0 Å². The molecule has 2 aromatic carbocycles. The Morgan fingerprint density at radius 2 is 1.95 bits per heavy atom. The Labute approximate surface area is 137 Å². The molecule has 1 unspecified atom stereocenters. The minimum atomic E-state index is -0.136. The predicted octanol–water partition coefficient (Wildman–Crippen LogP) is 5.08. The lowest BCUT2D eigenvalue weighted by Gasteiger charge is -2.16. The molecule has 2 aromatic rings. The third-order valence-corrected chi connectivity index (χ3v) is 4.24. The molecule has 0 radical (unpaired) electrons. The van der Waals surface area contributed by atoms with E-state index in [1.165, 1.54) is 0 Å². The molecule has 0 aromatic heterocycles. The molecule has 2 nitrogen and oxygen atoms in total. The Kier molecular flexibility index (Phi) is 5.43. The molecule has 1 atom stereocenters. The van der Waals surface area contributed by atoms with E-state index in [4.69, 9.17) is 11.6 Å². The first kappa shape index (κ1) is 15.3. The lowest BCUT2D eigenvalue weighted by Crippen LogP contribution is -2.21. The lowest BCUT2D eigenvalue weighted by atomic mass is 9.95. The topological polar surface area (TPSA) is 29.1 Å². The van der Waals surface area contributed by atoms with Crippen molar-refractivity contribution in [3.63, 3.8) is 0 Å². The molecular formula is C16H15ClINO. The maximum absolute atomic E-state index is 12.4. The summed E-state index contributed by atoms with van der Waals surface area (Å²) in [5.41, 5.74) is 1.84. The molecule has 1 amide bonds. The molecule has 4 heteroatoms. The van der Waals surface area contributed by atoms with Crippen molar-refractivity contribution in [2.75, 3.05) is 5.32 Å². The van der Waals surface area contributed by atoms with E-state index in [1.54, 1.807) is 6.07 Å². The molecular weight excluding hydrogens is 385 g/mol. The van der Waals surface area contributed by atoms with Crippen molar-refractivity contribution in [2.24, 2.45) is 0 Å². The number of benzene rings is 2. The Balaban J connectivity index is 2.18. The van der Waals surface area contributed by atoms with E-state index in [0.717, 1.165) is 21.2 Å². The Morgan fingerprint density at radius 1 is 1.25 bits per heavy atom. The van der Waals surface area contributed by atoms with Crippen LogP contribution in [0.3, 0.4) is 0 Å². The summed E-state index contributed by atoms with van der Waals surface area (Å²) in [4.78, 5) is 12.4. The summed E-state index contributed by atoms with van der Waals surface area (Å²) in [5, 5.41) is 3.65. The van der Waals surface area contributed by atoms with Crippen LogP contribution < -0.4 is 5.32 Å². The zero-order valence-corrected chi connectivity index (χ0v) is 14.0. The van der Waals surface area contributed by atoms with Crippen molar-refractivity contribution in [2.45, 2.75) is 19.3 Å². The number of nitrogens with one attached hydrogen (secondary N) is 1. The summed E-state index contributed by atoms with van der Waals surface area (Å²) < 4.78 is 0.936. The fourth-order valence-corrected chi connectivity index (χ4v) is 3.07. The third-order valence-electron chi connectivity index (χ3n) is 3.12. The number of hydrogen-bond acceptors (Lipinski definition) is 1. The molecule has 0 fully saturated rings. The van der Waals surface area contributed by atoms with Crippen molar-refractivity contribution in [1.29, 1.82) is 0 Å².